The second kappa shape index (κ2) is 8.19. The number of rotatable bonds is 8. The minimum absolute atomic E-state index is 0.0840. The number of benzene rings is 1. The summed E-state index contributed by atoms with van der Waals surface area (Å²) in [5, 5.41) is 6.40. The molecule has 7 heteroatoms. The molecule has 0 fully saturated rings. The van der Waals surface area contributed by atoms with E-state index in [0.29, 0.717) is 30.5 Å². The summed E-state index contributed by atoms with van der Waals surface area (Å²) >= 11 is 0. The number of para-hydroxylation sites is 2. The first-order valence-electron chi connectivity index (χ1n) is 7.50. The lowest BCUT2D eigenvalue weighted by atomic mass is 10.3. The van der Waals surface area contributed by atoms with Crippen molar-refractivity contribution < 1.29 is 9.47 Å². The maximum Gasteiger partial charge on any atom is 0.159 e. The van der Waals surface area contributed by atoms with E-state index in [1.807, 2.05) is 38.1 Å². The quantitative estimate of drug-likeness (QED) is 0.689. The summed E-state index contributed by atoms with van der Waals surface area (Å²) in [4.78, 5) is 8.40. The van der Waals surface area contributed by atoms with Gasteiger partial charge in [0, 0.05) is 13.2 Å². The smallest absolute Gasteiger partial charge is 0.159 e. The number of anilines is 4. The zero-order chi connectivity index (χ0) is 16.7. The molecule has 0 radical (unpaired) electrons. The number of nitrogens with one attached hydrogen (secondary N) is 2. The van der Waals surface area contributed by atoms with Crippen LogP contribution in [0, 0.1) is 0 Å². The number of hydrogen-bond donors (Lipinski definition) is 3. The molecule has 1 aromatic carbocycles. The Morgan fingerprint density at radius 1 is 1.22 bits per heavy atom. The van der Waals surface area contributed by atoms with Crippen LogP contribution in [0.15, 0.2) is 30.6 Å². The molecule has 124 valence electrons. The Kier molecular flexibility index (Phi) is 5.99. The summed E-state index contributed by atoms with van der Waals surface area (Å²) in [6, 6.07) is 7.72. The highest BCUT2D eigenvalue weighted by Gasteiger charge is 2.12. The third-order valence-electron chi connectivity index (χ3n) is 3.12. The van der Waals surface area contributed by atoms with Crippen molar-refractivity contribution in [2.75, 3.05) is 36.7 Å². The van der Waals surface area contributed by atoms with Crippen LogP contribution in [-0.4, -0.2) is 36.3 Å². The largest absolute Gasteiger partial charge is 0.492 e. The summed E-state index contributed by atoms with van der Waals surface area (Å²) in [5.74, 6) is 1.84. The Morgan fingerprint density at radius 2 is 1.96 bits per heavy atom. The first-order valence-corrected chi connectivity index (χ1v) is 7.50. The maximum absolute atomic E-state index is 6.17. The van der Waals surface area contributed by atoms with Gasteiger partial charge in [0.2, 0.25) is 0 Å². The maximum atomic E-state index is 6.17. The van der Waals surface area contributed by atoms with E-state index in [4.69, 9.17) is 15.2 Å². The van der Waals surface area contributed by atoms with Crippen LogP contribution in [0.3, 0.4) is 0 Å². The summed E-state index contributed by atoms with van der Waals surface area (Å²) in [6.07, 6.45) is 1.46. The zero-order valence-electron chi connectivity index (χ0n) is 13.7. The van der Waals surface area contributed by atoms with Gasteiger partial charge in [0.1, 0.15) is 17.8 Å². The molecule has 2 rings (SSSR count). The number of hydrogen-bond acceptors (Lipinski definition) is 7. The average Bonchev–Trinajstić information content (AvgIpc) is 2.53. The van der Waals surface area contributed by atoms with Crippen molar-refractivity contribution in [1.82, 2.24) is 9.97 Å². The predicted molar refractivity (Wildman–Crippen MR) is 92.3 cm³/mol. The summed E-state index contributed by atoms with van der Waals surface area (Å²) < 4.78 is 10.7. The van der Waals surface area contributed by atoms with Crippen LogP contribution in [0.5, 0.6) is 5.75 Å². The van der Waals surface area contributed by atoms with Gasteiger partial charge in [-0.2, -0.15) is 0 Å². The van der Waals surface area contributed by atoms with E-state index in [0.717, 1.165) is 11.4 Å². The zero-order valence-corrected chi connectivity index (χ0v) is 13.7. The summed E-state index contributed by atoms with van der Waals surface area (Å²) in [5.41, 5.74) is 7.42. The molecule has 0 saturated carbocycles. The number of methoxy groups -OCH3 is 1. The molecule has 0 saturated heterocycles. The van der Waals surface area contributed by atoms with E-state index in [1.165, 1.54) is 6.33 Å². The van der Waals surface area contributed by atoms with E-state index < -0.39 is 0 Å². The monoisotopic (exact) mass is 317 g/mol. The van der Waals surface area contributed by atoms with E-state index in [2.05, 4.69) is 20.6 Å². The van der Waals surface area contributed by atoms with Crippen LogP contribution in [0.25, 0.3) is 0 Å². The van der Waals surface area contributed by atoms with Crippen molar-refractivity contribution in [2.24, 2.45) is 0 Å². The molecule has 2 aromatic rings. The van der Waals surface area contributed by atoms with Crippen molar-refractivity contribution in [3.05, 3.63) is 30.6 Å². The Hall–Kier alpha value is -2.54. The lowest BCUT2D eigenvalue weighted by molar-refractivity contribution is 0.190. The SMILES string of the molecule is CCOc1ccccc1Nc1ncnc(NC(C)COC)c1N. The third kappa shape index (κ3) is 4.46. The summed E-state index contributed by atoms with van der Waals surface area (Å²) in [7, 11) is 1.65. The Morgan fingerprint density at radius 3 is 2.70 bits per heavy atom. The molecule has 1 atom stereocenters. The van der Waals surface area contributed by atoms with E-state index >= 15 is 0 Å². The normalized spacial score (nSPS) is 11.8. The second-order valence-corrected chi connectivity index (χ2v) is 5.04. The van der Waals surface area contributed by atoms with Crippen molar-refractivity contribution in [1.29, 1.82) is 0 Å². The van der Waals surface area contributed by atoms with E-state index in [9.17, 15) is 0 Å². The first kappa shape index (κ1) is 16.8. The molecule has 1 aromatic heterocycles. The molecular weight excluding hydrogens is 294 g/mol. The molecule has 0 aliphatic heterocycles. The van der Waals surface area contributed by atoms with Gasteiger partial charge in [0.25, 0.3) is 0 Å². The van der Waals surface area contributed by atoms with Crippen LogP contribution >= 0.6 is 0 Å². The van der Waals surface area contributed by atoms with Crippen LogP contribution in [0.1, 0.15) is 13.8 Å². The van der Waals surface area contributed by atoms with Gasteiger partial charge in [-0.1, -0.05) is 12.1 Å². The first-order chi connectivity index (χ1) is 11.2. The van der Waals surface area contributed by atoms with Crippen LogP contribution in [0.2, 0.25) is 0 Å². The lowest BCUT2D eigenvalue weighted by Gasteiger charge is -2.17. The topological polar surface area (TPSA) is 94.3 Å². The number of nitrogens with two attached hydrogens (primary N) is 1. The second-order valence-electron chi connectivity index (χ2n) is 5.04. The molecule has 0 bridgehead atoms. The Balaban J connectivity index is 2.21. The molecule has 4 N–H and O–H groups in total. The van der Waals surface area contributed by atoms with Crippen molar-refractivity contribution >= 4 is 23.0 Å². The van der Waals surface area contributed by atoms with Gasteiger partial charge in [-0.3, -0.25) is 0 Å². The van der Waals surface area contributed by atoms with E-state index in [1.54, 1.807) is 7.11 Å². The fourth-order valence-electron chi connectivity index (χ4n) is 2.11. The van der Waals surface area contributed by atoms with Crippen molar-refractivity contribution in [3.63, 3.8) is 0 Å². The minimum Gasteiger partial charge on any atom is -0.492 e. The summed E-state index contributed by atoms with van der Waals surface area (Å²) in [6.45, 7) is 5.07. The predicted octanol–water partition coefficient (Wildman–Crippen LogP) is 2.65. The van der Waals surface area contributed by atoms with E-state index in [-0.39, 0.29) is 6.04 Å². The molecule has 1 unspecified atom stereocenters. The van der Waals surface area contributed by atoms with Gasteiger partial charge in [0.05, 0.1) is 18.9 Å². The van der Waals surface area contributed by atoms with Crippen LogP contribution in [-0.2, 0) is 4.74 Å². The third-order valence-corrected chi connectivity index (χ3v) is 3.12. The Labute approximate surface area is 136 Å². The molecule has 1 heterocycles. The fourth-order valence-corrected chi connectivity index (χ4v) is 2.11. The standard InChI is InChI=1S/C16H23N5O2/c1-4-23-13-8-6-5-7-12(13)21-16-14(17)15(18-10-19-16)20-11(2)9-22-3/h5-8,10-11H,4,9,17H2,1-3H3,(H2,18,19,20,21). The number of nitrogens with zero attached hydrogens (tertiary/aromatic N) is 2. The fraction of sp³-hybridized carbons (Fsp3) is 0.375. The molecule has 7 nitrogen and oxygen atoms in total. The van der Waals surface area contributed by atoms with Crippen molar-refractivity contribution in [3.8, 4) is 5.75 Å². The minimum atomic E-state index is 0.0840. The van der Waals surface area contributed by atoms with Gasteiger partial charge in [-0.05, 0) is 26.0 Å². The molecule has 0 amide bonds. The van der Waals surface area contributed by atoms with Gasteiger partial charge >= 0.3 is 0 Å². The molecule has 0 aliphatic rings. The highest BCUT2D eigenvalue weighted by Crippen LogP contribution is 2.31. The highest BCUT2D eigenvalue weighted by atomic mass is 16.5. The van der Waals surface area contributed by atoms with Gasteiger partial charge in [-0.25, -0.2) is 9.97 Å². The molecule has 0 spiro atoms. The van der Waals surface area contributed by atoms with Gasteiger partial charge < -0.3 is 25.8 Å². The van der Waals surface area contributed by atoms with Crippen LogP contribution < -0.4 is 21.1 Å². The van der Waals surface area contributed by atoms with Crippen LogP contribution in [0.4, 0.5) is 23.0 Å². The molecular formula is C16H23N5O2. The van der Waals surface area contributed by atoms with Gasteiger partial charge in [-0.15, -0.1) is 0 Å². The molecule has 23 heavy (non-hydrogen) atoms. The molecule has 0 aliphatic carbocycles. The highest BCUT2D eigenvalue weighted by molar-refractivity contribution is 5.79. The number of ether oxygens (including phenoxy) is 2. The number of aromatic nitrogens is 2. The van der Waals surface area contributed by atoms with Crippen molar-refractivity contribution in [2.45, 2.75) is 19.9 Å². The average molecular weight is 317 g/mol. The van der Waals surface area contributed by atoms with Gasteiger partial charge in [0.15, 0.2) is 11.6 Å². The number of nitrogen functional groups attached to an aromatic ring is 1. The lowest BCUT2D eigenvalue weighted by Crippen LogP contribution is -2.22. The Bertz CT molecular complexity index is 636.